The maximum Gasteiger partial charge on any atom is 0.163 e. The first-order chi connectivity index (χ1) is 14.4. The Balaban J connectivity index is 1.75. The molecular formula is C21H22FNO6S. The standard InChI is InChI=1S/C21H22FNO6S/c1-28-12-3-5-13(6-4-12)30-17-9-23(15-7-2-11(22)8-14(15)17)21-20(27)19(26)18(25)16(10-24)29-21/h2-9,16,18-21,24-27H,10H2,1H3/t16-,18-,19+,20-,21-/m1/s1. The molecule has 1 aromatic heterocycles. The Labute approximate surface area is 176 Å². The van der Waals surface area contributed by atoms with Crippen LogP contribution in [-0.2, 0) is 4.74 Å². The predicted octanol–water partition coefficient (Wildman–Crippen LogP) is 1.91. The third-order valence-corrected chi connectivity index (χ3v) is 6.24. The summed E-state index contributed by atoms with van der Waals surface area (Å²) in [5.74, 6) is 0.305. The summed E-state index contributed by atoms with van der Waals surface area (Å²) in [6, 6.07) is 11.6. The van der Waals surface area contributed by atoms with Crippen LogP contribution in [0.15, 0.2) is 58.5 Å². The summed E-state index contributed by atoms with van der Waals surface area (Å²) in [4.78, 5) is 1.61. The molecule has 1 saturated heterocycles. The van der Waals surface area contributed by atoms with Crippen molar-refractivity contribution in [3.8, 4) is 5.75 Å². The summed E-state index contributed by atoms with van der Waals surface area (Å²) in [6.07, 6.45) is -4.80. The molecule has 9 heteroatoms. The molecule has 30 heavy (non-hydrogen) atoms. The molecule has 0 saturated carbocycles. The van der Waals surface area contributed by atoms with Crippen LogP contribution in [0.5, 0.6) is 5.75 Å². The number of rotatable bonds is 5. The van der Waals surface area contributed by atoms with Crippen molar-refractivity contribution >= 4 is 22.7 Å². The summed E-state index contributed by atoms with van der Waals surface area (Å²) in [6.45, 7) is -0.525. The molecule has 0 spiro atoms. The summed E-state index contributed by atoms with van der Waals surface area (Å²) >= 11 is 1.40. The Bertz CT molecular complexity index is 1020. The van der Waals surface area contributed by atoms with Crippen LogP contribution in [0.25, 0.3) is 10.9 Å². The second kappa shape index (κ2) is 8.54. The van der Waals surface area contributed by atoms with E-state index >= 15 is 0 Å². The molecule has 3 aromatic rings. The molecule has 4 N–H and O–H groups in total. The van der Waals surface area contributed by atoms with Crippen LogP contribution in [-0.4, -0.2) is 63.1 Å². The topological polar surface area (TPSA) is 104 Å². The zero-order chi connectivity index (χ0) is 21.4. The van der Waals surface area contributed by atoms with E-state index < -0.39 is 43.1 Å². The van der Waals surface area contributed by atoms with Crippen LogP contribution >= 0.6 is 11.8 Å². The van der Waals surface area contributed by atoms with Crippen LogP contribution < -0.4 is 4.74 Å². The van der Waals surface area contributed by atoms with Gasteiger partial charge in [0.1, 0.15) is 36.0 Å². The van der Waals surface area contributed by atoms with Crippen molar-refractivity contribution < 1.29 is 34.3 Å². The molecule has 2 aromatic carbocycles. The largest absolute Gasteiger partial charge is 0.497 e. The maximum atomic E-state index is 14.0. The zero-order valence-corrected chi connectivity index (χ0v) is 16.9. The second-order valence-electron chi connectivity index (χ2n) is 7.06. The summed E-state index contributed by atoms with van der Waals surface area (Å²) < 4.78 is 26.4. The van der Waals surface area contributed by atoms with Gasteiger partial charge in [-0.1, -0.05) is 11.8 Å². The summed E-state index contributed by atoms with van der Waals surface area (Å²) in [5.41, 5.74) is 0.580. The van der Waals surface area contributed by atoms with Crippen LogP contribution in [0.3, 0.4) is 0 Å². The van der Waals surface area contributed by atoms with E-state index in [0.717, 1.165) is 4.90 Å². The van der Waals surface area contributed by atoms with Crippen LogP contribution in [0.2, 0.25) is 0 Å². The molecule has 1 aliphatic rings. The Morgan fingerprint density at radius 1 is 1.07 bits per heavy atom. The lowest BCUT2D eigenvalue weighted by Crippen LogP contribution is -2.56. The van der Waals surface area contributed by atoms with Gasteiger partial charge in [0, 0.05) is 21.4 Å². The van der Waals surface area contributed by atoms with Gasteiger partial charge in [-0.05, 0) is 42.5 Å². The van der Waals surface area contributed by atoms with Crippen molar-refractivity contribution in [3.05, 3.63) is 54.5 Å². The lowest BCUT2D eigenvalue weighted by Gasteiger charge is -2.40. The SMILES string of the molecule is COc1ccc(Sc2cn([C@@H]3O[C@H](CO)[C@@H](O)[C@H](O)[C@H]3O)c3ccc(F)cc23)cc1. The third kappa shape index (κ3) is 3.80. The van der Waals surface area contributed by atoms with Gasteiger partial charge in [-0.25, -0.2) is 4.39 Å². The average molecular weight is 435 g/mol. The van der Waals surface area contributed by atoms with Crippen molar-refractivity contribution in [1.82, 2.24) is 4.57 Å². The number of aliphatic hydroxyl groups excluding tert-OH is 4. The minimum atomic E-state index is -1.50. The highest BCUT2D eigenvalue weighted by Gasteiger charge is 2.44. The van der Waals surface area contributed by atoms with Gasteiger partial charge in [-0.2, -0.15) is 0 Å². The molecule has 0 unspecified atom stereocenters. The summed E-state index contributed by atoms with van der Waals surface area (Å²) in [5, 5.41) is 40.8. The van der Waals surface area contributed by atoms with Gasteiger partial charge in [0.25, 0.3) is 0 Å². The first kappa shape index (κ1) is 21.1. The number of halogens is 1. The van der Waals surface area contributed by atoms with Gasteiger partial charge in [0.15, 0.2) is 6.23 Å². The molecule has 160 valence electrons. The van der Waals surface area contributed by atoms with E-state index in [1.807, 2.05) is 24.3 Å². The molecule has 4 rings (SSSR count). The molecule has 2 heterocycles. The first-order valence-corrected chi connectivity index (χ1v) is 10.2. The number of ether oxygens (including phenoxy) is 2. The van der Waals surface area contributed by atoms with Crippen molar-refractivity contribution in [2.75, 3.05) is 13.7 Å². The van der Waals surface area contributed by atoms with Crippen molar-refractivity contribution in [1.29, 1.82) is 0 Å². The number of hydrogen-bond donors (Lipinski definition) is 4. The highest BCUT2D eigenvalue weighted by molar-refractivity contribution is 7.99. The van der Waals surface area contributed by atoms with Gasteiger partial charge in [0.2, 0.25) is 0 Å². The number of hydrogen-bond acceptors (Lipinski definition) is 7. The van der Waals surface area contributed by atoms with E-state index in [1.165, 1.54) is 23.9 Å². The fourth-order valence-electron chi connectivity index (χ4n) is 3.57. The van der Waals surface area contributed by atoms with Crippen LogP contribution in [0, 0.1) is 5.82 Å². The van der Waals surface area contributed by atoms with Gasteiger partial charge < -0.3 is 34.5 Å². The molecule has 1 aliphatic heterocycles. The normalized spacial score (nSPS) is 26.8. The Morgan fingerprint density at radius 3 is 2.47 bits per heavy atom. The molecule has 0 bridgehead atoms. The fourth-order valence-corrected chi connectivity index (χ4v) is 4.54. The van der Waals surface area contributed by atoms with E-state index in [2.05, 4.69) is 0 Å². The third-order valence-electron chi connectivity index (χ3n) is 5.19. The molecule has 0 amide bonds. The lowest BCUT2D eigenvalue weighted by atomic mass is 9.98. The van der Waals surface area contributed by atoms with E-state index in [-0.39, 0.29) is 0 Å². The highest BCUT2D eigenvalue weighted by atomic mass is 32.2. The molecular weight excluding hydrogens is 413 g/mol. The van der Waals surface area contributed by atoms with Crippen molar-refractivity contribution in [2.45, 2.75) is 40.4 Å². The van der Waals surface area contributed by atoms with Crippen LogP contribution in [0.4, 0.5) is 4.39 Å². The van der Waals surface area contributed by atoms with E-state index in [1.54, 1.807) is 23.9 Å². The highest BCUT2D eigenvalue weighted by Crippen LogP contribution is 2.39. The van der Waals surface area contributed by atoms with Crippen molar-refractivity contribution in [3.63, 3.8) is 0 Å². The number of nitrogens with zero attached hydrogens (tertiary/aromatic N) is 1. The Kier molecular flexibility index (Phi) is 6.01. The lowest BCUT2D eigenvalue weighted by molar-refractivity contribution is -0.250. The number of aliphatic hydroxyl groups is 4. The van der Waals surface area contributed by atoms with Gasteiger partial charge in [-0.15, -0.1) is 0 Å². The number of methoxy groups -OCH3 is 1. The molecule has 0 radical (unpaired) electrons. The molecule has 1 fully saturated rings. The fraction of sp³-hybridized carbons (Fsp3) is 0.333. The minimum absolute atomic E-state index is 0.411. The molecule has 7 nitrogen and oxygen atoms in total. The van der Waals surface area contributed by atoms with Crippen molar-refractivity contribution in [2.24, 2.45) is 0 Å². The number of benzene rings is 2. The molecule has 0 aliphatic carbocycles. The molecule has 5 atom stereocenters. The maximum absolute atomic E-state index is 14.0. The number of aromatic nitrogens is 1. The smallest absolute Gasteiger partial charge is 0.163 e. The van der Waals surface area contributed by atoms with E-state index in [0.29, 0.717) is 21.5 Å². The average Bonchev–Trinajstić information content (AvgIpc) is 3.10. The monoisotopic (exact) mass is 435 g/mol. The number of fused-ring (bicyclic) bond motifs is 1. The summed E-state index contributed by atoms with van der Waals surface area (Å²) in [7, 11) is 1.58. The quantitative estimate of drug-likeness (QED) is 0.485. The Morgan fingerprint density at radius 2 is 1.80 bits per heavy atom. The van der Waals surface area contributed by atoms with Gasteiger partial charge >= 0.3 is 0 Å². The van der Waals surface area contributed by atoms with Crippen LogP contribution in [0.1, 0.15) is 6.23 Å². The van der Waals surface area contributed by atoms with E-state index in [4.69, 9.17) is 9.47 Å². The minimum Gasteiger partial charge on any atom is -0.497 e. The predicted molar refractivity (Wildman–Crippen MR) is 108 cm³/mol. The zero-order valence-electron chi connectivity index (χ0n) is 16.1. The second-order valence-corrected chi connectivity index (χ2v) is 8.17. The van der Waals surface area contributed by atoms with E-state index in [9.17, 15) is 24.8 Å². The Hall–Kier alpha value is -2.14. The van der Waals surface area contributed by atoms with Gasteiger partial charge in [0.05, 0.1) is 19.2 Å². The first-order valence-electron chi connectivity index (χ1n) is 9.35. The van der Waals surface area contributed by atoms with Gasteiger partial charge in [-0.3, -0.25) is 0 Å².